The maximum Gasteiger partial charge on any atom is 0.123 e. The Morgan fingerprint density at radius 3 is 2.00 bits per heavy atom. The summed E-state index contributed by atoms with van der Waals surface area (Å²) in [6.07, 6.45) is 0. The summed E-state index contributed by atoms with van der Waals surface area (Å²) in [4.78, 5) is 7.44. The van der Waals surface area contributed by atoms with Crippen molar-refractivity contribution >= 4 is 5.69 Å². The Morgan fingerprint density at radius 1 is 0.810 bits per heavy atom. The molecule has 2 aliphatic heterocycles. The molecule has 4 nitrogen and oxygen atoms in total. The number of piperazine rings is 2. The van der Waals surface area contributed by atoms with Crippen LogP contribution in [0.2, 0.25) is 0 Å². The minimum Gasteiger partial charge on any atom is -0.369 e. The van der Waals surface area contributed by atoms with Crippen molar-refractivity contribution in [2.24, 2.45) is 0 Å². The lowest BCUT2D eigenvalue weighted by molar-refractivity contribution is 0.183. The number of hydrogen-bond acceptors (Lipinski definition) is 4. The topological polar surface area (TPSA) is 21.8 Å². The minimum absolute atomic E-state index is 0.159. The van der Waals surface area contributed by atoms with Crippen LogP contribution in [-0.4, -0.2) is 75.2 Å². The molecule has 2 aliphatic rings. The summed E-state index contributed by atoms with van der Waals surface area (Å²) in [6, 6.07) is 6.86. The summed E-state index contributed by atoms with van der Waals surface area (Å²) >= 11 is 0. The molecule has 3 rings (SSSR count). The van der Waals surface area contributed by atoms with E-state index in [-0.39, 0.29) is 5.82 Å². The van der Waals surface area contributed by atoms with Crippen molar-refractivity contribution in [1.29, 1.82) is 0 Å². The van der Waals surface area contributed by atoms with Crippen molar-refractivity contribution in [2.45, 2.75) is 0 Å². The second kappa shape index (κ2) is 7.20. The van der Waals surface area contributed by atoms with Gasteiger partial charge in [0.1, 0.15) is 5.82 Å². The monoisotopic (exact) mass is 292 g/mol. The van der Waals surface area contributed by atoms with E-state index in [0.717, 1.165) is 51.5 Å². The van der Waals surface area contributed by atoms with E-state index >= 15 is 0 Å². The molecule has 2 fully saturated rings. The number of rotatable bonds is 4. The normalized spacial score (nSPS) is 21.7. The molecular weight excluding hydrogens is 267 g/mol. The van der Waals surface area contributed by atoms with E-state index in [1.54, 1.807) is 12.1 Å². The van der Waals surface area contributed by atoms with Gasteiger partial charge >= 0.3 is 0 Å². The average Bonchev–Trinajstić information content (AvgIpc) is 2.55. The fourth-order valence-corrected chi connectivity index (χ4v) is 3.10. The Balaban J connectivity index is 1.41. The molecule has 0 spiro atoms. The summed E-state index contributed by atoms with van der Waals surface area (Å²) in [5.41, 5.74) is 1.14. The fourth-order valence-electron chi connectivity index (χ4n) is 3.10. The largest absolute Gasteiger partial charge is 0.369 e. The number of benzene rings is 1. The molecule has 0 aliphatic carbocycles. The first-order valence-corrected chi connectivity index (χ1v) is 7.97. The zero-order valence-corrected chi connectivity index (χ0v) is 12.6. The Labute approximate surface area is 126 Å². The zero-order valence-electron chi connectivity index (χ0n) is 12.6. The highest BCUT2D eigenvalue weighted by Crippen LogP contribution is 2.16. The first kappa shape index (κ1) is 14.8. The molecule has 0 atom stereocenters. The highest BCUT2D eigenvalue weighted by molar-refractivity contribution is 5.46. The van der Waals surface area contributed by atoms with E-state index in [9.17, 15) is 4.39 Å². The molecule has 0 aromatic heterocycles. The summed E-state index contributed by atoms with van der Waals surface area (Å²) in [7, 11) is 0. The lowest BCUT2D eigenvalue weighted by atomic mass is 10.2. The molecule has 1 aromatic rings. The van der Waals surface area contributed by atoms with Gasteiger partial charge in [0, 0.05) is 71.1 Å². The predicted molar refractivity (Wildman–Crippen MR) is 84.4 cm³/mol. The molecule has 1 N–H and O–H groups in total. The van der Waals surface area contributed by atoms with Crippen molar-refractivity contribution in [2.75, 3.05) is 70.3 Å². The Hall–Kier alpha value is -1.17. The van der Waals surface area contributed by atoms with Gasteiger partial charge in [-0.3, -0.25) is 9.80 Å². The van der Waals surface area contributed by atoms with Crippen LogP contribution in [0.3, 0.4) is 0 Å². The summed E-state index contributed by atoms with van der Waals surface area (Å²) < 4.78 is 13.0. The van der Waals surface area contributed by atoms with Crippen LogP contribution in [0.5, 0.6) is 0 Å². The van der Waals surface area contributed by atoms with Gasteiger partial charge in [0.15, 0.2) is 0 Å². The molecular formula is C16H25FN4. The quantitative estimate of drug-likeness (QED) is 0.888. The third-order valence-corrected chi connectivity index (χ3v) is 4.51. The Morgan fingerprint density at radius 2 is 1.38 bits per heavy atom. The zero-order chi connectivity index (χ0) is 14.5. The van der Waals surface area contributed by atoms with Crippen LogP contribution < -0.4 is 10.2 Å². The van der Waals surface area contributed by atoms with Gasteiger partial charge in [0.25, 0.3) is 0 Å². The van der Waals surface area contributed by atoms with Gasteiger partial charge in [-0.25, -0.2) is 4.39 Å². The minimum atomic E-state index is -0.159. The highest BCUT2D eigenvalue weighted by Gasteiger charge is 2.18. The van der Waals surface area contributed by atoms with Crippen LogP contribution in [0.25, 0.3) is 0 Å². The molecule has 1 aromatic carbocycles. The van der Waals surface area contributed by atoms with Gasteiger partial charge < -0.3 is 10.2 Å². The summed E-state index contributed by atoms with van der Waals surface area (Å²) in [5.74, 6) is -0.159. The van der Waals surface area contributed by atoms with Gasteiger partial charge in [-0.05, 0) is 24.3 Å². The SMILES string of the molecule is Fc1ccc(N2CCN(CCN3CCNCC3)CC2)cc1. The van der Waals surface area contributed by atoms with Crippen LogP contribution in [0.15, 0.2) is 24.3 Å². The average molecular weight is 292 g/mol. The molecule has 21 heavy (non-hydrogen) atoms. The summed E-state index contributed by atoms with van der Waals surface area (Å²) in [5, 5.41) is 3.39. The molecule has 2 heterocycles. The molecule has 5 heteroatoms. The smallest absolute Gasteiger partial charge is 0.123 e. The fraction of sp³-hybridized carbons (Fsp3) is 0.625. The van der Waals surface area contributed by atoms with Gasteiger partial charge in [-0.1, -0.05) is 0 Å². The van der Waals surface area contributed by atoms with Crippen LogP contribution in [0, 0.1) is 5.82 Å². The Bertz CT molecular complexity index is 422. The third kappa shape index (κ3) is 4.15. The van der Waals surface area contributed by atoms with Crippen LogP contribution in [-0.2, 0) is 0 Å². The molecule has 0 radical (unpaired) electrons. The van der Waals surface area contributed by atoms with Crippen LogP contribution >= 0.6 is 0 Å². The first-order chi connectivity index (χ1) is 10.3. The number of nitrogens with one attached hydrogen (secondary N) is 1. The predicted octanol–water partition coefficient (Wildman–Crippen LogP) is 0.853. The van der Waals surface area contributed by atoms with Crippen molar-refractivity contribution in [3.8, 4) is 0 Å². The van der Waals surface area contributed by atoms with E-state index in [1.165, 1.54) is 19.6 Å². The van der Waals surface area contributed by atoms with E-state index in [1.807, 2.05) is 12.1 Å². The van der Waals surface area contributed by atoms with Crippen molar-refractivity contribution in [1.82, 2.24) is 15.1 Å². The van der Waals surface area contributed by atoms with E-state index in [2.05, 4.69) is 20.0 Å². The second-order valence-electron chi connectivity index (χ2n) is 5.90. The van der Waals surface area contributed by atoms with E-state index in [4.69, 9.17) is 0 Å². The maximum absolute atomic E-state index is 13.0. The van der Waals surface area contributed by atoms with Crippen molar-refractivity contribution in [3.05, 3.63) is 30.1 Å². The van der Waals surface area contributed by atoms with Gasteiger partial charge in [-0.2, -0.15) is 0 Å². The third-order valence-electron chi connectivity index (χ3n) is 4.51. The van der Waals surface area contributed by atoms with E-state index < -0.39 is 0 Å². The van der Waals surface area contributed by atoms with Gasteiger partial charge in [-0.15, -0.1) is 0 Å². The lowest BCUT2D eigenvalue weighted by Gasteiger charge is -2.37. The van der Waals surface area contributed by atoms with Gasteiger partial charge in [0.05, 0.1) is 0 Å². The standard InChI is InChI=1S/C16H25FN4/c17-15-1-3-16(4-2-15)21-13-11-20(12-14-21)10-9-19-7-5-18-6-8-19/h1-4,18H,5-14H2. The van der Waals surface area contributed by atoms with Crippen molar-refractivity contribution < 1.29 is 4.39 Å². The molecule has 0 bridgehead atoms. The first-order valence-electron chi connectivity index (χ1n) is 7.97. The number of hydrogen-bond donors (Lipinski definition) is 1. The number of halogens is 1. The van der Waals surface area contributed by atoms with E-state index in [0.29, 0.717) is 0 Å². The molecule has 2 saturated heterocycles. The highest BCUT2D eigenvalue weighted by atomic mass is 19.1. The molecule has 0 saturated carbocycles. The molecule has 0 amide bonds. The van der Waals surface area contributed by atoms with Crippen LogP contribution in [0.1, 0.15) is 0 Å². The maximum atomic E-state index is 13.0. The molecule has 116 valence electrons. The van der Waals surface area contributed by atoms with Crippen molar-refractivity contribution in [3.63, 3.8) is 0 Å². The lowest BCUT2D eigenvalue weighted by Crippen LogP contribution is -2.50. The molecule has 0 unspecified atom stereocenters. The van der Waals surface area contributed by atoms with Gasteiger partial charge in [0.2, 0.25) is 0 Å². The van der Waals surface area contributed by atoms with Crippen LogP contribution in [0.4, 0.5) is 10.1 Å². The summed E-state index contributed by atoms with van der Waals surface area (Å²) in [6.45, 7) is 11.2. The number of anilines is 1. The Kier molecular flexibility index (Phi) is 5.06. The number of nitrogens with zero attached hydrogens (tertiary/aromatic N) is 3. The second-order valence-corrected chi connectivity index (χ2v) is 5.90.